The number of benzene rings is 1. The van der Waals surface area contributed by atoms with E-state index in [4.69, 9.17) is 10.8 Å². The fourth-order valence-corrected chi connectivity index (χ4v) is 1.01. The minimum atomic E-state index is -1.30. The third kappa shape index (κ3) is 2.60. The van der Waals surface area contributed by atoms with Gasteiger partial charge in [0.2, 0.25) is 0 Å². The highest BCUT2D eigenvalue weighted by molar-refractivity contribution is 5.22. The maximum absolute atomic E-state index is 12.3. The SMILES string of the molecule is N[C@@H](F)Cc1ccc(CO)cc1. The lowest BCUT2D eigenvalue weighted by Gasteiger charge is -2.02. The monoisotopic (exact) mass is 169 g/mol. The summed E-state index contributed by atoms with van der Waals surface area (Å²) in [6.07, 6.45) is -1.07. The van der Waals surface area contributed by atoms with Gasteiger partial charge >= 0.3 is 0 Å². The second kappa shape index (κ2) is 4.18. The van der Waals surface area contributed by atoms with Crippen LogP contribution in [0.4, 0.5) is 4.39 Å². The average molecular weight is 169 g/mol. The third-order valence-electron chi connectivity index (χ3n) is 1.64. The Bertz CT molecular complexity index is 233. The van der Waals surface area contributed by atoms with E-state index in [-0.39, 0.29) is 13.0 Å². The van der Waals surface area contributed by atoms with Crippen molar-refractivity contribution in [1.82, 2.24) is 0 Å². The summed E-state index contributed by atoms with van der Waals surface area (Å²) in [7, 11) is 0. The topological polar surface area (TPSA) is 46.2 Å². The smallest absolute Gasteiger partial charge is 0.152 e. The van der Waals surface area contributed by atoms with Crippen molar-refractivity contribution >= 4 is 0 Å². The van der Waals surface area contributed by atoms with Crippen LogP contribution in [0.5, 0.6) is 0 Å². The fraction of sp³-hybridized carbons (Fsp3) is 0.333. The van der Waals surface area contributed by atoms with E-state index >= 15 is 0 Å². The summed E-state index contributed by atoms with van der Waals surface area (Å²) in [4.78, 5) is 0. The maximum Gasteiger partial charge on any atom is 0.152 e. The number of alkyl halides is 1. The van der Waals surface area contributed by atoms with Crippen molar-refractivity contribution in [3.63, 3.8) is 0 Å². The van der Waals surface area contributed by atoms with Gasteiger partial charge in [0.1, 0.15) is 0 Å². The lowest BCUT2D eigenvalue weighted by Crippen LogP contribution is -2.15. The van der Waals surface area contributed by atoms with Crippen molar-refractivity contribution in [2.75, 3.05) is 0 Å². The van der Waals surface area contributed by atoms with Crippen LogP contribution in [0.25, 0.3) is 0 Å². The van der Waals surface area contributed by atoms with Crippen molar-refractivity contribution in [2.24, 2.45) is 5.73 Å². The van der Waals surface area contributed by atoms with Crippen molar-refractivity contribution < 1.29 is 9.50 Å². The molecule has 1 aromatic rings. The van der Waals surface area contributed by atoms with Crippen LogP contribution in [0.2, 0.25) is 0 Å². The molecule has 0 unspecified atom stereocenters. The summed E-state index contributed by atoms with van der Waals surface area (Å²) in [5.41, 5.74) is 6.65. The van der Waals surface area contributed by atoms with E-state index in [0.717, 1.165) is 11.1 Å². The van der Waals surface area contributed by atoms with E-state index in [1.807, 2.05) is 0 Å². The highest BCUT2D eigenvalue weighted by Gasteiger charge is 2.00. The molecule has 0 radical (unpaired) electrons. The Morgan fingerprint density at radius 3 is 2.17 bits per heavy atom. The van der Waals surface area contributed by atoms with Gasteiger partial charge < -0.3 is 10.8 Å². The number of hydrogen-bond acceptors (Lipinski definition) is 2. The summed E-state index contributed by atoms with van der Waals surface area (Å²) < 4.78 is 12.3. The Labute approximate surface area is 70.8 Å². The normalized spacial score (nSPS) is 12.9. The van der Waals surface area contributed by atoms with Crippen LogP contribution in [-0.4, -0.2) is 11.4 Å². The van der Waals surface area contributed by atoms with E-state index in [9.17, 15) is 4.39 Å². The van der Waals surface area contributed by atoms with Crippen LogP contribution in [0, 0.1) is 0 Å². The van der Waals surface area contributed by atoms with Gasteiger partial charge in [-0.25, -0.2) is 4.39 Å². The second-order valence-electron chi connectivity index (χ2n) is 2.69. The Morgan fingerprint density at radius 2 is 1.75 bits per heavy atom. The van der Waals surface area contributed by atoms with Gasteiger partial charge in [0, 0.05) is 6.42 Å². The number of halogens is 1. The standard InChI is InChI=1S/C9H12FNO/c10-9(11)5-7-1-3-8(6-12)4-2-7/h1-4,9,12H,5-6,11H2/t9-/m1/s1. The summed E-state index contributed by atoms with van der Waals surface area (Å²) in [5.74, 6) is 0. The lowest BCUT2D eigenvalue weighted by atomic mass is 10.1. The first-order valence-electron chi connectivity index (χ1n) is 3.80. The first-order valence-corrected chi connectivity index (χ1v) is 3.80. The minimum Gasteiger partial charge on any atom is -0.392 e. The molecule has 1 aromatic carbocycles. The van der Waals surface area contributed by atoms with E-state index < -0.39 is 6.30 Å². The van der Waals surface area contributed by atoms with Crippen LogP contribution in [0.1, 0.15) is 11.1 Å². The van der Waals surface area contributed by atoms with E-state index in [1.54, 1.807) is 24.3 Å². The summed E-state index contributed by atoms with van der Waals surface area (Å²) >= 11 is 0. The molecule has 0 saturated heterocycles. The lowest BCUT2D eigenvalue weighted by molar-refractivity contribution is 0.282. The molecule has 0 bridgehead atoms. The van der Waals surface area contributed by atoms with E-state index in [0.29, 0.717) is 0 Å². The molecule has 2 nitrogen and oxygen atoms in total. The highest BCUT2D eigenvalue weighted by atomic mass is 19.1. The molecular weight excluding hydrogens is 157 g/mol. The molecule has 66 valence electrons. The highest BCUT2D eigenvalue weighted by Crippen LogP contribution is 2.06. The molecule has 12 heavy (non-hydrogen) atoms. The van der Waals surface area contributed by atoms with Gasteiger partial charge in [0.15, 0.2) is 6.30 Å². The predicted molar refractivity (Wildman–Crippen MR) is 45.2 cm³/mol. The van der Waals surface area contributed by atoms with Gasteiger partial charge in [0.05, 0.1) is 6.61 Å². The molecule has 0 amide bonds. The van der Waals surface area contributed by atoms with Gasteiger partial charge in [-0.1, -0.05) is 24.3 Å². The molecule has 3 heteroatoms. The van der Waals surface area contributed by atoms with Crippen molar-refractivity contribution in [3.8, 4) is 0 Å². The van der Waals surface area contributed by atoms with Crippen LogP contribution in [-0.2, 0) is 13.0 Å². The zero-order valence-corrected chi connectivity index (χ0v) is 6.70. The van der Waals surface area contributed by atoms with Gasteiger partial charge in [-0.15, -0.1) is 0 Å². The van der Waals surface area contributed by atoms with E-state index in [1.165, 1.54) is 0 Å². The number of nitrogens with two attached hydrogens (primary N) is 1. The quantitative estimate of drug-likeness (QED) is 0.662. The first-order chi connectivity index (χ1) is 5.72. The van der Waals surface area contributed by atoms with Crippen molar-refractivity contribution in [2.45, 2.75) is 19.3 Å². The molecule has 0 spiro atoms. The zero-order valence-electron chi connectivity index (χ0n) is 6.70. The van der Waals surface area contributed by atoms with Gasteiger partial charge in [-0.05, 0) is 11.1 Å². The number of aliphatic hydroxyl groups is 1. The van der Waals surface area contributed by atoms with Crippen LogP contribution in [0.3, 0.4) is 0 Å². The molecule has 3 N–H and O–H groups in total. The molecule has 0 aliphatic heterocycles. The largest absolute Gasteiger partial charge is 0.392 e. The Kier molecular flexibility index (Phi) is 3.19. The first kappa shape index (κ1) is 9.16. The van der Waals surface area contributed by atoms with Gasteiger partial charge in [-0.2, -0.15) is 0 Å². The van der Waals surface area contributed by atoms with Crippen LogP contribution < -0.4 is 5.73 Å². The molecule has 0 heterocycles. The zero-order chi connectivity index (χ0) is 8.97. The predicted octanol–water partition coefficient (Wildman–Crippen LogP) is 0.976. The molecular formula is C9H12FNO. The maximum atomic E-state index is 12.3. The molecule has 0 saturated carbocycles. The molecule has 0 fully saturated rings. The molecule has 0 aliphatic rings. The summed E-state index contributed by atoms with van der Waals surface area (Å²) in [5, 5.41) is 8.71. The third-order valence-corrected chi connectivity index (χ3v) is 1.64. The van der Waals surface area contributed by atoms with Gasteiger partial charge in [0.25, 0.3) is 0 Å². The minimum absolute atomic E-state index is 0.0158. The number of aliphatic hydroxyl groups excluding tert-OH is 1. The van der Waals surface area contributed by atoms with Gasteiger partial charge in [-0.3, -0.25) is 0 Å². The number of rotatable bonds is 3. The molecule has 1 rings (SSSR count). The Balaban J connectivity index is 2.65. The Hall–Kier alpha value is -0.930. The average Bonchev–Trinajstić information content (AvgIpc) is 2.05. The van der Waals surface area contributed by atoms with E-state index in [2.05, 4.69) is 0 Å². The summed E-state index contributed by atoms with van der Waals surface area (Å²) in [6, 6.07) is 7.06. The van der Waals surface area contributed by atoms with Crippen molar-refractivity contribution in [3.05, 3.63) is 35.4 Å². The molecule has 1 atom stereocenters. The van der Waals surface area contributed by atoms with Crippen molar-refractivity contribution in [1.29, 1.82) is 0 Å². The Morgan fingerprint density at radius 1 is 1.25 bits per heavy atom. The molecule has 0 aliphatic carbocycles. The second-order valence-corrected chi connectivity index (χ2v) is 2.69. The number of hydrogen-bond donors (Lipinski definition) is 2. The fourth-order valence-electron chi connectivity index (χ4n) is 1.01. The summed E-state index contributed by atoms with van der Waals surface area (Å²) in [6.45, 7) is 0.0158. The van der Waals surface area contributed by atoms with Crippen LogP contribution in [0.15, 0.2) is 24.3 Å². The molecule has 0 aromatic heterocycles. The van der Waals surface area contributed by atoms with Crippen LogP contribution >= 0.6 is 0 Å².